The van der Waals surface area contributed by atoms with E-state index in [1.807, 2.05) is 31.2 Å². The van der Waals surface area contributed by atoms with Gasteiger partial charge in [-0.05, 0) is 50.1 Å². The molecule has 0 aliphatic rings. The molecule has 0 aliphatic heterocycles. The van der Waals surface area contributed by atoms with Gasteiger partial charge in [0.25, 0.3) is 0 Å². The second kappa shape index (κ2) is 11.0. The van der Waals surface area contributed by atoms with Crippen molar-refractivity contribution in [1.29, 1.82) is 0 Å². The van der Waals surface area contributed by atoms with Crippen molar-refractivity contribution >= 4 is 29.5 Å². The van der Waals surface area contributed by atoms with Gasteiger partial charge in [-0.25, -0.2) is 0 Å². The standard InChI is InChI=1S/C24H28N2O4/c1-16(2)30-24(29)15-22(20-10-5-17(3)6-11-20)26-23(28)14-9-19-7-12-21(13-8-19)25-18(4)27/h5-14,16,22H,15H2,1-4H3,(H,25,27)(H,26,28)/b14-9+. The van der Waals surface area contributed by atoms with E-state index in [-0.39, 0.29) is 30.3 Å². The largest absolute Gasteiger partial charge is 0.463 e. The van der Waals surface area contributed by atoms with E-state index in [2.05, 4.69) is 10.6 Å². The molecule has 6 heteroatoms. The number of hydrogen-bond donors (Lipinski definition) is 2. The molecule has 0 radical (unpaired) electrons. The first-order valence-corrected chi connectivity index (χ1v) is 9.85. The molecule has 6 nitrogen and oxygen atoms in total. The smallest absolute Gasteiger partial charge is 0.308 e. The molecule has 1 unspecified atom stereocenters. The van der Waals surface area contributed by atoms with Crippen LogP contribution in [0.1, 0.15) is 49.9 Å². The number of benzene rings is 2. The van der Waals surface area contributed by atoms with E-state index in [1.165, 1.54) is 13.0 Å². The van der Waals surface area contributed by atoms with Crippen LogP contribution in [-0.4, -0.2) is 23.9 Å². The van der Waals surface area contributed by atoms with E-state index < -0.39 is 6.04 Å². The lowest BCUT2D eigenvalue weighted by Gasteiger charge is -2.19. The number of hydrogen-bond acceptors (Lipinski definition) is 4. The van der Waals surface area contributed by atoms with Crippen molar-refractivity contribution in [2.24, 2.45) is 0 Å². The minimum atomic E-state index is -0.490. The summed E-state index contributed by atoms with van der Waals surface area (Å²) in [5, 5.41) is 5.57. The first-order valence-electron chi connectivity index (χ1n) is 9.85. The molecule has 2 aromatic carbocycles. The van der Waals surface area contributed by atoms with Gasteiger partial charge in [0.15, 0.2) is 0 Å². The molecule has 0 aliphatic carbocycles. The zero-order chi connectivity index (χ0) is 22.1. The van der Waals surface area contributed by atoms with E-state index in [0.717, 1.165) is 16.7 Å². The summed E-state index contributed by atoms with van der Waals surface area (Å²) in [5.41, 5.74) is 3.43. The number of esters is 1. The van der Waals surface area contributed by atoms with Gasteiger partial charge < -0.3 is 15.4 Å². The average Bonchev–Trinajstić information content (AvgIpc) is 2.66. The summed E-state index contributed by atoms with van der Waals surface area (Å²) in [6, 6.07) is 14.3. The van der Waals surface area contributed by atoms with E-state index in [9.17, 15) is 14.4 Å². The van der Waals surface area contributed by atoms with Gasteiger partial charge in [-0.2, -0.15) is 0 Å². The maximum absolute atomic E-state index is 12.5. The van der Waals surface area contributed by atoms with Crippen molar-refractivity contribution in [3.05, 3.63) is 71.3 Å². The van der Waals surface area contributed by atoms with Crippen molar-refractivity contribution in [3.8, 4) is 0 Å². The number of nitrogens with one attached hydrogen (secondary N) is 2. The Bertz CT molecular complexity index is 900. The molecule has 158 valence electrons. The van der Waals surface area contributed by atoms with Crippen LogP contribution in [0.5, 0.6) is 0 Å². The predicted octanol–water partition coefficient (Wildman–Crippen LogP) is 4.17. The van der Waals surface area contributed by atoms with E-state index in [0.29, 0.717) is 5.69 Å². The fourth-order valence-electron chi connectivity index (χ4n) is 2.80. The van der Waals surface area contributed by atoms with Crippen LogP contribution in [0.4, 0.5) is 5.69 Å². The van der Waals surface area contributed by atoms with Crippen molar-refractivity contribution in [2.75, 3.05) is 5.32 Å². The summed E-state index contributed by atoms with van der Waals surface area (Å²) >= 11 is 0. The van der Waals surface area contributed by atoms with Crippen LogP contribution in [0.3, 0.4) is 0 Å². The fourth-order valence-corrected chi connectivity index (χ4v) is 2.80. The molecule has 0 saturated carbocycles. The summed E-state index contributed by atoms with van der Waals surface area (Å²) in [6.45, 7) is 7.00. The average molecular weight is 408 g/mol. The molecular weight excluding hydrogens is 380 g/mol. The fraction of sp³-hybridized carbons (Fsp3) is 0.292. The van der Waals surface area contributed by atoms with Crippen molar-refractivity contribution < 1.29 is 19.1 Å². The zero-order valence-corrected chi connectivity index (χ0v) is 17.8. The number of amides is 2. The Morgan fingerprint density at radius 1 is 1.00 bits per heavy atom. The summed E-state index contributed by atoms with van der Waals surface area (Å²) < 4.78 is 5.24. The van der Waals surface area contributed by atoms with E-state index in [4.69, 9.17) is 4.74 Å². The van der Waals surface area contributed by atoms with Gasteiger partial charge >= 0.3 is 5.97 Å². The number of carbonyl (C=O) groups is 3. The SMILES string of the molecule is CC(=O)Nc1ccc(/C=C/C(=O)NC(CC(=O)OC(C)C)c2ccc(C)cc2)cc1. The van der Waals surface area contributed by atoms with Crippen LogP contribution in [-0.2, 0) is 19.1 Å². The van der Waals surface area contributed by atoms with Crippen LogP contribution >= 0.6 is 0 Å². The predicted molar refractivity (Wildman–Crippen MR) is 118 cm³/mol. The van der Waals surface area contributed by atoms with Crippen LogP contribution in [0.25, 0.3) is 6.08 Å². The van der Waals surface area contributed by atoms with Crippen molar-refractivity contribution in [2.45, 2.75) is 46.3 Å². The minimum absolute atomic E-state index is 0.0479. The molecule has 30 heavy (non-hydrogen) atoms. The summed E-state index contributed by atoms with van der Waals surface area (Å²) in [7, 11) is 0. The third-order valence-corrected chi connectivity index (χ3v) is 4.19. The van der Waals surface area contributed by atoms with Crippen molar-refractivity contribution in [1.82, 2.24) is 5.32 Å². The molecule has 0 bridgehead atoms. The molecule has 0 fully saturated rings. The van der Waals surface area contributed by atoms with Gasteiger partial charge in [0.1, 0.15) is 0 Å². The second-order valence-electron chi connectivity index (χ2n) is 7.35. The number of rotatable bonds is 8. The Kier molecular flexibility index (Phi) is 8.35. The monoisotopic (exact) mass is 408 g/mol. The topological polar surface area (TPSA) is 84.5 Å². The zero-order valence-electron chi connectivity index (χ0n) is 17.8. The quantitative estimate of drug-likeness (QED) is 0.507. The molecule has 1 atom stereocenters. The molecule has 0 heterocycles. The highest BCUT2D eigenvalue weighted by molar-refractivity contribution is 5.92. The molecule has 0 spiro atoms. The van der Waals surface area contributed by atoms with Gasteiger partial charge in [0.2, 0.25) is 11.8 Å². The summed E-state index contributed by atoms with van der Waals surface area (Å²) in [6.07, 6.45) is 2.92. The van der Waals surface area contributed by atoms with Gasteiger partial charge in [-0.3, -0.25) is 14.4 Å². The molecule has 2 aromatic rings. The highest BCUT2D eigenvalue weighted by Gasteiger charge is 2.19. The summed E-state index contributed by atoms with van der Waals surface area (Å²) in [5.74, 6) is -0.826. The summed E-state index contributed by atoms with van der Waals surface area (Å²) in [4.78, 5) is 35.7. The normalized spacial score (nSPS) is 11.9. The number of anilines is 1. The Hall–Kier alpha value is -3.41. The van der Waals surface area contributed by atoms with E-state index in [1.54, 1.807) is 44.2 Å². The highest BCUT2D eigenvalue weighted by atomic mass is 16.5. The van der Waals surface area contributed by atoms with Gasteiger partial charge in [0, 0.05) is 18.7 Å². The lowest BCUT2D eigenvalue weighted by atomic mass is 10.0. The first kappa shape index (κ1) is 22.9. The van der Waals surface area contributed by atoms with E-state index >= 15 is 0 Å². The maximum Gasteiger partial charge on any atom is 0.308 e. The van der Waals surface area contributed by atoms with Crippen LogP contribution in [0.15, 0.2) is 54.6 Å². The molecule has 0 saturated heterocycles. The first-order chi connectivity index (χ1) is 14.2. The Labute approximate surface area is 177 Å². The number of carbonyl (C=O) groups excluding carboxylic acids is 3. The lowest BCUT2D eigenvalue weighted by Crippen LogP contribution is -2.29. The van der Waals surface area contributed by atoms with Gasteiger partial charge in [0.05, 0.1) is 18.6 Å². The maximum atomic E-state index is 12.5. The molecular formula is C24H28N2O4. The highest BCUT2D eigenvalue weighted by Crippen LogP contribution is 2.19. The number of ether oxygens (including phenoxy) is 1. The lowest BCUT2D eigenvalue weighted by molar-refractivity contribution is -0.148. The van der Waals surface area contributed by atoms with Crippen LogP contribution < -0.4 is 10.6 Å². The van der Waals surface area contributed by atoms with Gasteiger partial charge in [-0.1, -0.05) is 42.0 Å². The third-order valence-electron chi connectivity index (χ3n) is 4.19. The van der Waals surface area contributed by atoms with Crippen molar-refractivity contribution in [3.63, 3.8) is 0 Å². The number of aryl methyl sites for hydroxylation is 1. The molecule has 2 rings (SSSR count). The Balaban J connectivity index is 2.07. The van der Waals surface area contributed by atoms with Gasteiger partial charge in [-0.15, -0.1) is 0 Å². The minimum Gasteiger partial charge on any atom is -0.463 e. The second-order valence-corrected chi connectivity index (χ2v) is 7.35. The third kappa shape index (κ3) is 7.91. The Morgan fingerprint density at radius 2 is 1.63 bits per heavy atom. The molecule has 2 N–H and O–H groups in total. The van der Waals surface area contributed by atoms with Crippen LogP contribution in [0.2, 0.25) is 0 Å². The molecule has 0 aromatic heterocycles. The van der Waals surface area contributed by atoms with Crippen LogP contribution in [0, 0.1) is 6.92 Å². The Morgan fingerprint density at radius 3 is 2.20 bits per heavy atom. The molecule has 2 amide bonds.